The molecule has 0 saturated carbocycles. The third-order valence-electron chi connectivity index (χ3n) is 6.18. The first-order chi connectivity index (χ1) is 18.7. The van der Waals surface area contributed by atoms with Gasteiger partial charge in [-0.15, -0.1) is 0 Å². The van der Waals surface area contributed by atoms with Crippen molar-refractivity contribution in [2.45, 2.75) is 57.6 Å². The first-order valence-electron chi connectivity index (χ1n) is 12.8. The Morgan fingerprint density at radius 1 is 1.00 bits per heavy atom. The summed E-state index contributed by atoms with van der Waals surface area (Å²) in [4.78, 5) is 28.3. The van der Waals surface area contributed by atoms with Crippen LogP contribution in [0.1, 0.15) is 38.8 Å². The van der Waals surface area contributed by atoms with Gasteiger partial charge in [0.15, 0.2) is 0 Å². The number of aryl methyl sites for hydroxylation is 1. The lowest BCUT2D eigenvalue weighted by Crippen LogP contribution is -2.54. The van der Waals surface area contributed by atoms with E-state index in [4.69, 9.17) is 4.74 Å². The van der Waals surface area contributed by atoms with Crippen LogP contribution in [-0.2, 0) is 26.2 Å². The Balaban J connectivity index is 2.11. The van der Waals surface area contributed by atoms with Gasteiger partial charge in [-0.1, -0.05) is 42.5 Å². The molecule has 214 valence electrons. The van der Waals surface area contributed by atoms with Gasteiger partial charge in [0.2, 0.25) is 11.8 Å². The molecule has 0 aliphatic heterocycles. The Morgan fingerprint density at radius 3 is 2.23 bits per heavy atom. The molecule has 0 aromatic heterocycles. The Morgan fingerprint density at radius 2 is 1.62 bits per heavy atom. The first kappa shape index (κ1) is 30.6. The van der Waals surface area contributed by atoms with Gasteiger partial charge >= 0.3 is 0 Å². The zero-order valence-corrected chi connectivity index (χ0v) is 24.5. The number of ether oxygens (including phenoxy) is 1. The molecule has 0 radical (unpaired) electrons. The summed E-state index contributed by atoms with van der Waals surface area (Å²) in [7, 11) is -2.85. The largest absolute Gasteiger partial charge is 0.495 e. The number of amides is 2. The van der Waals surface area contributed by atoms with E-state index in [1.54, 1.807) is 70.2 Å². The highest BCUT2D eigenvalue weighted by Gasteiger charge is 2.34. The second kappa shape index (κ2) is 12.5. The van der Waals surface area contributed by atoms with Crippen LogP contribution in [0, 0.1) is 12.7 Å². The van der Waals surface area contributed by atoms with Crippen molar-refractivity contribution >= 4 is 27.5 Å². The number of sulfonamides is 1. The number of nitrogens with one attached hydrogen (secondary N) is 1. The topological polar surface area (TPSA) is 96.0 Å². The van der Waals surface area contributed by atoms with E-state index in [0.29, 0.717) is 0 Å². The third kappa shape index (κ3) is 7.38. The summed E-state index contributed by atoms with van der Waals surface area (Å²) in [5.74, 6) is -1.44. The second-order valence-electron chi connectivity index (χ2n) is 10.5. The molecule has 0 aliphatic rings. The summed E-state index contributed by atoms with van der Waals surface area (Å²) in [6, 6.07) is 17.6. The van der Waals surface area contributed by atoms with Crippen LogP contribution in [0.5, 0.6) is 5.75 Å². The molecule has 0 bridgehead atoms. The van der Waals surface area contributed by atoms with Crippen molar-refractivity contribution < 1.29 is 27.1 Å². The first-order valence-corrected chi connectivity index (χ1v) is 14.3. The second-order valence-corrected chi connectivity index (χ2v) is 12.4. The van der Waals surface area contributed by atoms with Crippen LogP contribution in [-0.4, -0.2) is 50.4 Å². The van der Waals surface area contributed by atoms with E-state index < -0.39 is 45.8 Å². The molecule has 40 heavy (non-hydrogen) atoms. The fraction of sp³-hybridized carbons (Fsp3) is 0.333. The number of hydrogen-bond donors (Lipinski definition) is 1. The summed E-state index contributed by atoms with van der Waals surface area (Å²) < 4.78 is 49.0. The van der Waals surface area contributed by atoms with Crippen molar-refractivity contribution in [1.82, 2.24) is 10.2 Å². The van der Waals surface area contributed by atoms with Gasteiger partial charge in [0.1, 0.15) is 24.2 Å². The summed E-state index contributed by atoms with van der Waals surface area (Å²) in [6.07, 6.45) is 0. The molecule has 0 saturated heterocycles. The fourth-order valence-electron chi connectivity index (χ4n) is 4.09. The van der Waals surface area contributed by atoms with Crippen molar-refractivity contribution in [3.63, 3.8) is 0 Å². The molecule has 0 aliphatic carbocycles. The number of hydrogen-bond acceptors (Lipinski definition) is 5. The van der Waals surface area contributed by atoms with Gasteiger partial charge in [-0.05, 0) is 70.5 Å². The van der Waals surface area contributed by atoms with E-state index in [1.807, 2.05) is 0 Å². The Hall–Kier alpha value is -3.92. The molecule has 2 amide bonds. The van der Waals surface area contributed by atoms with Crippen LogP contribution < -0.4 is 14.4 Å². The molecular formula is C30H36FN3O5S. The number of halogens is 1. The summed E-state index contributed by atoms with van der Waals surface area (Å²) in [5, 5.41) is 2.84. The summed E-state index contributed by atoms with van der Waals surface area (Å²) in [6.45, 7) is 7.84. The van der Waals surface area contributed by atoms with E-state index in [9.17, 15) is 22.4 Å². The highest BCUT2D eigenvalue weighted by molar-refractivity contribution is 7.92. The quantitative estimate of drug-likeness (QED) is 0.383. The van der Waals surface area contributed by atoms with Crippen LogP contribution in [0.4, 0.5) is 10.1 Å². The molecular weight excluding hydrogens is 533 g/mol. The number of rotatable bonds is 10. The Labute approximate surface area is 235 Å². The molecule has 0 unspecified atom stereocenters. The van der Waals surface area contributed by atoms with Gasteiger partial charge < -0.3 is 15.0 Å². The highest BCUT2D eigenvalue weighted by atomic mass is 32.2. The number of carbonyl (C=O) groups excluding carboxylic acids is 2. The maximum atomic E-state index is 14.7. The normalized spacial score (nSPS) is 12.4. The average Bonchev–Trinajstić information content (AvgIpc) is 2.90. The van der Waals surface area contributed by atoms with E-state index in [0.717, 1.165) is 9.87 Å². The van der Waals surface area contributed by atoms with E-state index in [2.05, 4.69) is 5.32 Å². The van der Waals surface area contributed by atoms with E-state index in [-0.39, 0.29) is 28.4 Å². The lowest BCUT2D eigenvalue weighted by Gasteiger charge is -2.34. The molecule has 0 spiro atoms. The zero-order chi connectivity index (χ0) is 29.7. The Kier molecular flexibility index (Phi) is 9.57. The predicted molar refractivity (Wildman–Crippen MR) is 153 cm³/mol. The molecule has 1 N–H and O–H groups in total. The smallest absolute Gasteiger partial charge is 0.264 e. The van der Waals surface area contributed by atoms with Gasteiger partial charge in [-0.2, -0.15) is 0 Å². The molecule has 3 aromatic carbocycles. The van der Waals surface area contributed by atoms with Crippen molar-refractivity contribution in [3.05, 3.63) is 89.7 Å². The van der Waals surface area contributed by atoms with Gasteiger partial charge in [-0.3, -0.25) is 13.9 Å². The van der Waals surface area contributed by atoms with Gasteiger partial charge in [0, 0.05) is 17.6 Å². The number of nitrogens with zero attached hydrogens (tertiary/aromatic N) is 2. The lowest BCUT2D eigenvalue weighted by atomic mass is 10.1. The van der Waals surface area contributed by atoms with Gasteiger partial charge in [-0.25, -0.2) is 12.8 Å². The summed E-state index contributed by atoms with van der Waals surface area (Å²) in [5.41, 5.74) is 0.516. The average molecular weight is 570 g/mol. The highest BCUT2D eigenvalue weighted by Crippen LogP contribution is 2.33. The molecule has 3 rings (SSSR count). The van der Waals surface area contributed by atoms with Crippen molar-refractivity contribution in [1.29, 1.82) is 0 Å². The minimum Gasteiger partial charge on any atom is -0.495 e. The van der Waals surface area contributed by atoms with Crippen molar-refractivity contribution in [3.8, 4) is 5.75 Å². The molecule has 0 heterocycles. The molecule has 0 fully saturated rings. The zero-order valence-electron chi connectivity index (χ0n) is 23.6. The van der Waals surface area contributed by atoms with Crippen LogP contribution >= 0.6 is 0 Å². The van der Waals surface area contributed by atoms with E-state index in [1.165, 1.54) is 49.3 Å². The van der Waals surface area contributed by atoms with Crippen LogP contribution in [0.25, 0.3) is 0 Å². The van der Waals surface area contributed by atoms with Crippen LogP contribution in [0.2, 0.25) is 0 Å². The third-order valence-corrected chi connectivity index (χ3v) is 7.95. The molecule has 3 aromatic rings. The van der Waals surface area contributed by atoms with Crippen LogP contribution in [0.15, 0.2) is 77.7 Å². The SMILES string of the molecule is COc1ccc(C)cc1N(CC(=O)N(Cc1ccccc1F)[C@H](C)C(=O)NC(C)(C)C)S(=O)(=O)c1ccccc1. The minimum atomic E-state index is -4.26. The monoisotopic (exact) mass is 569 g/mol. The van der Waals surface area contributed by atoms with Crippen LogP contribution in [0.3, 0.4) is 0 Å². The van der Waals surface area contributed by atoms with E-state index >= 15 is 0 Å². The van der Waals surface area contributed by atoms with Gasteiger partial charge in [0.25, 0.3) is 10.0 Å². The summed E-state index contributed by atoms with van der Waals surface area (Å²) >= 11 is 0. The Bertz CT molecular complexity index is 1460. The van der Waals surface area contributed by atoms with Gasteiger partial charge in [0.05, 0.1) is 17.7 Å². The number of benzene rings is 3. The number of anilines is 1. The maximum Gasteiger partial charge on any atom is 0.264 e. The fourth-order valence-corrected chi connectivity index (χ4v) is 5.53. The minimum absolute atomic E-state index is 0.0227. The van der Waals surface area contributed by atoms with Crippen molar-refractivity contribution in [2.75, 3.05) is 18.0 Å². The standard InChI is InChI=1S/C30H36FN3O5S/c1-21-16-17-27(39-6)26(18-21)34(40(37,38)24-13-8-7-9-14-24)20-28(35)33(19-23-12-10-11-15-25(23)31)22(2)29(36)32-30(3,4)5/h7-18,22H,19-20H2,1-6H3,(H,32,36)/t22-/m1/s1. The molecule has 8 nitrogen and oxygen atoms in total. The predicted octanol–water partition coefficient (Wildman–Crippen LogP) is 4.67. The molecule has 10 heteroatoms. The number of methoxy groups -OCH3 is 1. The number of carbonyl (C=O) groups is 2. The lowest BCUT2D eigenvalue weighted by molar-refractivity contribution is -0.140. The van der Waals surface area contributed by atoms with Crippen molar-refractivity contribution in [2.24, 2.45) is 0 Å². The maximum absolute atomic E-state index is 14.7. The molecule has 1 atom stereocenters.